The minimum absolute atomic E-state index is 0.281. The number of amides is 1. The van der Waals surface area contributed by atoms with Gasteiger partial charge in [-0.3, -0.25) is 4.79 Å². The molecule has 1 aliphatic heterocycles. The Morgan fingerprint density at radius 3 is 2.41 bits per heavy atom. The summed E-state index contributed by atoms with van der Waals surface area (Å²) in [4.78, 5) is 22.9. The smallest absolute Gasteiger partial charge is 0.237 e. The normalized spacial score (nSPS) is 17.6. The summed E-state index contributed by atoms with van der Waals surface area (Å²) in [6.07, 6.45) is 1.35. The lowest BCUT2D eigenvalue weighted by atomic mass is 9.87. The largest absolute Gasteiger partial charge is 0.368 e. The van der Waals surface area contributed by atoms with Gasteiger partial charge in [0.1, 0.15) is 11.4 Å². The Kier molecular flexibility index (Phi) is 4.85. The third kappa shape index (κ3) is 3.14. The Hall–Kier alpha value is -1.89. The second-order valence-corrected chi connectivity index (χ2v) is 6.06. The maximum absolute atomic E-state index is 11.7. The summed E-state index contributed by atoms with van der Waals surface area (Å²) in [7, 11) is 3.61. The monoisotopic (exact) mass is 306 g/mol. The lowest BCUT2D eigenvalue weighted by molar-refractivity contribution is -0.125. The van der Waals surface area contributed by atoms with E-state index in [2.05, 4.69) is 39.3 Å². The van der Waals surface area contributed by atoms with Crippen molar-refractivity contribution in [3.05, 3.63) is 11.8 Å². The Morgan fingerprint density at radius 1 is 1.32 bits per heavy atom. The minimum Gasteiger partial charge on any atom is -0.368 e. The first kappa shape index (κ1) is 16.5. The van der Waals surface area contributed by atoms with E-state index in [0.29, 0.717) is 24.7 Å². The molecule has 0 aromatic carbocycles. The Bertz CT molecular complexity index is 537. The van der Waals surface area contributed by atoms with Gasteiger partial charge in [-0.2, -0.15) is 4.98 Å². The molecule has 122 valence electrons. The fourth-order valence-corrected chi connectivity index (χ4v) is 2.76. The molecule has 0 unspecified atom stereocenters. The van der Waals surface area contributed by atoms with Gasteiger partial charge in [0.25, 0.3) is 0 Å². The number of nitrogens with two attached hydrogens (primary N) is 1. The van der Waals surface area contributed by atoms with Crippen LogP contribution in [0.4, 0.5) is 11.8 Å². The van der Waals surface area contributed by atoms with Gasteiger partial charge in [0.05, 0.1) is 5.69 Å². The molecular weight excluding hydrogens is 280 g/mol. The Balaban J connectivity index is 2.20. The van der Waals surface area contributed by atoms with Crippen LogP contribution in [0.15, 0.2) is 6.07 Å². The number of primary amides is 1. The van der Waals surface area contributed by atoms with Crippen LogP contribution in [0.1, 0.15) is 38.3 Å². The van der Waals surface area contributed by atoms with Crippen molar-refractivity contribution in [2.45, 2.75) is 38.1 Å². The van der Waals surface area contributed by atoms with Crippen LogP contribution in [0.5, 0.6) is 0 Å². The molecule has 7 nitrogen and oxygen atoms in total. The highest BCUT2D eigenvalue weighted by atomic mass is 16.1. The molecule has 1 amide bonds. The van der Waals surface area contributed by atoms with Crippen molar-refractivity contribution in [2.24, 2.45) is 5.73 Å². The number of nitrogens with one attached hydrogen (secondary N) is 2. The van der Waals surface area contributed by atoms with Crippen molar-refractivity contribution in [3.63, 3.8) is 0 Å². The van der Waals surface area contributed by atoms with E-state index < -0.39 is 5.54 Å². The number of aromatic nitrogens is 2. The summed E-state index contributed by atoms with van der Waals surface area (Å²) in [5, 5.41) is 6.11. The van der Waals surface area contributed by atoms with E-state index in [1.54, 1.807) is 7.05 Å². The molecular formula is C15H26N6O. The molecule has 1 saturated heterocycles. The van der Waals surface area contributed by atoms with Gasteiger partial charge in [-0.25, -0.2) is 4.98 Å². The molecule has 2 rings (SSSR count). The molecule has 4 N–H and O–H groups in total. The van der Waals surface area contributed by atoms with Gasteiger partial charge in [-0.15, -0.1) is 0 Å². The molecule has 0 spiro atoms. The van der Waals surface area contributed by atoms with Gasteiger partial charge in [0.15, 0.2) is 0 Å². The van der Waals surface area contributed by atoms with Crippen molar-refractivity contribution in [3.8, 4) is 0 Å². The minimum atomic E-state index is -0.601. The molecule has 0 aliphatic carbocycles. The first-order chi connectivity index (χ1) is 10.4. The molecule has 0 radical (unpaired) electrons. The first-order valence-corrected chi connectivity index (χ1v) is 7.72. The topological polar surface area (TPSA) is 96.2 Å². The highest BCUT2D eigenvalue weighted by Gasteiger charge is 2.38. The number of nitrogens with zero attached hydrogens (tertiary/aromatic N) is 3. The van der Waals surface area contributed by atoms with E-state index in [-0.39, 0.29) is 5.91 Å². The summed E-state index contributed by atoms with van der Waals surface area (Å²) >= 11 is 0. The number of hydrogen-bond donors (Lipinski definition) is 3. The number of piperidine rings is 1. The van der Waals surface area contributed by atoms with Crippen LogP contribution >= 0.6 is 0 Å². The highest BCUT2D eigenvalue weighted by Crippen LogP contribution is 2.27. The lowest BCUT2D eigenvalue weighted by Crippen LogP contribution is -2.59. The van der Waals surface area contributed by atoms with Crippen LogP contribution < -0.4 is 21.3 Å². The molecule has 0 bridgehead atoms. The predicted octanol–water partition coefficient (Wildman–Crippen LogP) is 0.685. The zero-order valence-electron chi connectivity index (χ0n) is 13.8. The summed E-state index contributed by atoms with van der Waals surface area (Å²) in [6, 6.07) is 2.03. The maximum atomic E-state index is 11.7. The predicted molar refractivity (Wildman–Crippen MR) is 88.1 cm³/mol. The fraction of sp³-hybridized carbons (Fsp3) is 0.667. The standard InChI is InChI=1S/C15H26N6O/c1-10(2)11-9-12(20-14(17-3)19-11)21-7-5-15(18-4,6-8-21)13(16)22/h9-10,18H,5-8H2,1-4H3,(H2,16,22)(H,17,19,20). The molecule has 22 heavy (non-hydrogen) atoms. The van der Waals surface area contributed by atoms with Crippen molar-refractivity contribution >= 4 is 17.7 Å². The van der Waals surface area contributed by atoms with Gasteiger partial charge in [-0.1, -0.05) is 13.8 Å². The lowest BCUT2D eigenvalue weighted by Gasteiger charge is -2.40. The molecule has 1 aliphatic rings. The third-order valence-electron chi connectivity index (χ3n) is 4.44. The average Bonchev–Trinajstić information content (AvgIpc) is 2.54. The average molecular weight is 306 g/mol. The van der Waals surface area contributed by atoms with Crippen molar-refractivity contribution in [1.29, 1.82) is 0 Å². The Morgan fingerprint density at radius 2 is 1.95 bits per heavy atom. The van der Waals surface area contributed by atoms with Crippen LogP contribution in [0, 0.1) is 0 Å². The number of likely N-dealkylation sites (N-methyl/N-ethyl adjacent to an activating group) is 1. The number of rotatable bonds is 5. The zero-order chi connectivity index (χ0) is 16.3. The second-order valence-electron chi connectivity index (χ2n) is 6.06. The molecule has 7 heteroatoms. The van der Waals surface area contributed by atoms with Gasteiger partial charge in [0.2, 0.25) is 11.9 Å². The fourth-order valence-electron chi connectivity index (χ4n) is 2.76. The number of anilines is 2. The Labute approximate surface area is 131 Å². The van der Waals surface area contributed by atoms with Crippen LogP contribution in [-0.2, 0) is 4.79 Å². The van der Waals surface area contributed by atoms with E-state index in [9.17, 15) is 4.79 Å². The molecule has 1 aromatic heterocycles. The second kappa shape index (κ2) is 6.48. The summed E-state index contributed by atoms with van der Waals surface area (Å²) < 4.78 is 0. The zero-order valence-corrected chi connectivity index (χ0v) is 13.8. The van der Waals surface area contributed by atoms with Crippen LogP contribution in [0.3, 0.4) is 0 Å². The SMILES string of the molecule is CNc1nc(C(C)C)cc(N2CCC(NC)(C(N)=O)CC2)n1. The van der Waals surface area contributed by atoms with Crippen LogP contribution in [0.2, 0.25) is 0 Å². The van der Waals surface area contributed by atoms with Crippen molar-refractivity contribution in [1.82, 2.24) is 15.3 Å². The van der Waals surface area contributed by atoms with Gasteiger partial charge in [-0.05, 0) is 25.8 Å². The third-order valence-corrected chi connectivity index (χ3v) is 4.44. The van der Waals surface area contributed by atoms with E-state index in [1.165, 1.54) is 0 Å². The molecule has 0 saturated carbocycles. The van der Waals surface area contributed by atoms with E-state index >= 15 is 0 Å². The summed E-state index contributed by atoms with van der Waals surface area (Å²) in [6.45, 7) is 5.70. The van der Waals surface area contributed by atoms with Crippen LogP contribution in [-0.4, -0.2) is 48.6 Å². The highest BCUT2D eigenvalue weighted by molar-refractivity contribution is 5.85. The quantitative estimate of drug-likeness (QED) is 0.740. The number of carbonyl (C=O) groups is 1. The van der Waals surface area contributed by atoms with Gasteiger partial charge >= 0.3 is 0 Å². The number of carbonyl (C=O) groups excluding carboxylic acids is 1. The molecule has 1 fully saturated rings. The van der Waals surface area contributed by atoms with E-state index in [0.717, 1.165) is 24.6 Å². The van der Waals surface area contributed by atoms with Crippen molar-refractivity contribution < 1.29 is 4.79 Å². The van der Waals surface area contributed by atoms with Crippen LogP contribution in [0.25, 0.3) is 0 Å². The maximum Gasteiger partial charge on any atom is 0.237 e. The molecule has 0 atom stereocenters. The summed E-state index contributed by atoms with van der Waals surface area (Å²) in [5.41, 5.74) is 5.96. The van der Waals surface area contributed by atoms with E-state index in [1.807, 2.05) is 13.1 Å². The van der Waals surface area contributed by atoms with Gasteiger partial charge < -0.3 is 21.3 Å². The number of hydrogen-bond acceptors (Lipinski definition) is 6. The molecule has 1 aromatic rings. The van der Waals surface area contributed by atoms with Crippen molar-refractivity contribution in [2.75, 3.05) is 37.4 Å². The molecule has 2 heterocycles. The first-order valence-electron chi connectivity index (χ1n) is 7.72. The van der Waals surface area contributed by atoms with Gasteiger partial charge in [0, 0.05) is 26.2 Å². The van der Waals surface area contributed by atoms with E-state index in [4.69, 9.17) is 5.73 Å². The summed E-state index contributed by atoms with van der Waals surface area (Å²) in [5.74, 6) is 1.58.